The van der Waals surface area contributed by atoms with Crippen LogP contribution < -0.4 is 5.56 Å². The van der Waals surface area contributed by atoms with E-state index in [2.05, 4.69) is 27.8 Å². The van der Waals surface area contributed by atoms with Crippen LogP contribution in [0.1, 0.15) is 6.92 Å². The monoisotopic (exact) mass is 225 g/mol. The molecular formula is C9H8BrNO. The lowest BCUT2D eigenvalue weighted by molar-refractivity contribution is 0.790. The van der Waals surface area contributed by atoms with Crippen LogP contribution in [-0.4, -0.2) is 4.57 Å². The highest BCUT2D eigenvalue weighted by atomic mass is 79.9. The largest absolute Gasteiger partial charge is 0.303 e. The Balaban J connectivity index is 3.06. The van der Waals surface area contributed by atoms with E-state index in [0.29, 0.717) is 11.0 Å². The molecule has 12 heavy (non-hydrogen) atoms. The summed E-state index contributed by atoms with van der Waals surface area (Å²) in [4.78, 5) is 11.3. The molecule has 0 saturated heterocycles. The number of rotatable bonds is 1. The SMILES string of the molecule is CC#CCn1cccc(Br)c1=O. The molecule has 3 heteroatoms. The zero-order valence-electron chi connectivity index (χ0n) is 6.67. The molecule has 0 radical (unpaired) electrons. The molecule has 1 aromatic rings. The van der Waals surface area contributed by atoms with Gasteiger partial charge in [-0.2, -0.15) is 0 Å². The topological polar surface area (TPSA) is 22.0 Å². The Morgan fingerprint density at radius 1 is 1.67 bits per heavy atom. The Morgan fingerprint density at radius 2 is 2.42 bits per heavy atom. The van der Waals surface area contributed by atoms with Crippen molar-refractivity contribution >= 4 is 15.9 Å². The van der Waals surface area contributed by atoms with Crippen molar-refractivity contribution < 1.29 is 0 Å². The Bertz CT molecular complexity index is 383. The highest BCUT2D eigenvalue weighted by Crippen LogP contribution is 1.99. The van der Waals surface area contributed by atoms with Crippen molar-refractivity contribution in [2.75, 3.05) is 0 Å². The molecule has 0 bridgehead atoms. The van der Waals surface area contributed by atoms with Gasteiger partial charge in [-0.25, -0.2) is 0 Å². The summed E-state index contributed by atoms with van der Waals surface area (Å²) in [5.74, 6) is 5.56. The molecule has 62 valence electrons. The van der Waals surface area contributed by atoms with Gasteiger partial charge in [-0.15, -0.1) is 5.92 Å². The maximum absolute atomic E-state index is 11.3. The third-order valence-electron chi connectivity index (χ3n) is 1.40. The van der Waals surface area contributed by atoms with Gasteiger partial charge in [0.1, 0.15) is 0 Å². The standard InChI is InChI=1S/C9H8BrNO/c1-2-3-6-11-7-4-5-8(10)9(11)12/h4-5,7H,6H2,1H3. The van der Waals surface area contributed by atoms with Crippen LogP contribution in [0, 0.1) is 11.8 Å². The van der Waals surface area contributed by atoms with Gasteiger partial charge in [0.15, 0.2) is 0 Å². The molecule has 2 nitrogen and oxygen atoms in total. The summed E-state index contributed by atoms with van der Waals surface area (Å²) in [6.45, 7) is 2.21. The van der Waals surface area contributed by atoms with Crippen LogP contribution in [-0.2, 0) is 6.54 Å². The highest BCUT2D eigenvalue weighted by Gasteiger charge is 1.96. The van der Waals surface area contributed by atoms with Crippen molar-refractivity contribution in [3.63, 3.8) is 0 Å². The molecule has 0 saturated carbocycles. The normalized spacial score (nSPS) is 8.83. The quantitative estimate of drug-likeness (QED) is 0.667. The summed E-state index contributed by atoms with van der Waals surface area (Å²) in [7, 11) is 0. The summed E-state index contributed by atoms with van der Waals surface area (Å²) in [6.07, 6.45) is 1.72. The molecule has 1 aromatic heterocycles. The van der Waals surface area contributed by atoms with Crippen molar-refractivity contribution in [2.45, 2.75) is 13.5 Å². The Morgan fingerprint density at radius 3 is 3.08 bits per heavy atom. The van der Waals surface area contributed by atoms with Crippen molar-refractivity contribution in [3.8, 4) is 11.8 Å². The lowest BCUT2D eigenvalue weighted by Gasteiger charge is -1.98. The Labute approximate surface area is 79.3 Å². The van der Waals surface area contributed by atoms with E-state index in [1.807, 2.05) is 6.07 Å². The fourth-order valence-electron chi connectivity index (χ4n) is 0.796. The van der Waals surface area contributed by atoms with E-state index in [1.165, 1.54) is 0 Å². The fraction of sp³-hybridized carbons (Fsp3) is 0.222. The first-order valence-electron chi connectivity index (χ1n) is 3.50. The predicted octanol–water partition coefficient (Wildman–Crippen LogP) is 1.63. The molecular weight excluding hydrogens is 218 g/mol. The minimum Gasteiger partial charge on any atom is -0.303 e. The molecule has 0 aliphatic heterocycles. The van der Waals surface area contributed by atoms with Gasteiger partial charge in [0.05, 0.1) is 11.0 Å². The predicted molar refractivity (Wildman–Crippen MR) is 51.9 cm³/mol. The molecule has 0 amide bonds. The third kappa shape index (κ3) is 1.99. The van der Waals surface area contributed by atoms with Crippen LogP contribution in [0.15, 0.2) is 27.6 Å². The molecule has 0 unspecified atom stereocenters. The second-order valence-corrected chi connectivity index (χ2v) is 3.07. The number of pyridine rings is 1. The molecule has 0 aliphatic carbocycles. The van der Waals surface area contributed by atoms with Crippen LogP contribution in [0.4, 0.5) is 0 Å². The second-order valence-electron chi connectivity index (χ2n) is 2.22. The summed E-state index contributed by atoms with van der Waals surface area (Å²) < 4.78 is 2.13. The average molecular weight is 226 g/mol. The van der Waals surface area contributed by atoms with E-state index in [1.54, 1.807) is 23.8 Å². The van der Waals surface area contributed by atoms with Gasteiger partial charge in [-0.1, -0.05) is 5.92 Å². The van der Waals surface area contributed by atoms with E-state index < -0.39 is 0 Å². The minimum absolute atomic E-state index is 0.0414. The van der Waals surface area contributed by atoms with Gasteiger partial charge < -0.3 is 4.57 Å². The zero-order valence-corrected chi connectivity index (χ0v) is 8.26. The molecule has 0 aromatic carbocycles. The molecule has 1 rings (SSSR count). The van der Waals surface area contributed by atoms with Crippen LogP contribution in [0.5, 0.6) is 0 Å². The second kappa shape index (κ2) is 4.13. The first-order valence-corrected chi connectivity index (χ1v) is 4.29. The third-order valence-corrected chi connectivity index (χ3v) is 2.00. The van der Waals surface area contributed by atoms with E-state index in [0.717, 1.165) is 0 Å². The summed E-state index contributed by atoms with van der Waals surface area (Å²) in [5.41, 5.74) is -0.0414. The van der Waals surface area contributed by atoms with Gasteiger partial charge in [0.25, 0.3) is 5.56 Å². The highest BCUT2D eigenvalue weighted by molar-refractivity contribution is 9.10. The van der Waals surface area contributed by atoms with Gasteiger partial charge in [0, 0.05) is 6.20 Å². The van der Waals surface area contributed by atoms with Crippen molar-refractivity contribution in [3.05, 3.63) is 33.2 Å². The summed E-state index contributed by atoms with van der Waals surface area (Å²) in [6, 6.07) is 3.53. The van der Waals surface area contributed by atoms with Gasteiger partial charge in [-0.05, 0) is 35.0 Å². The van der Waals surface area contributed by atoms with E-state index in [-0.39, 0.29) is 5.56 Å². The molecule has 1 heterocycles. The van der Waals surface area contributed by atoms with Gasteiger partial charge in [-0.3, -0.25) is 4.79 Å². The number of hydrogen-bond donors (Lipinski definition) is 0. The van der Waals surface area contributed by atoms with Gasteiger partial charge >= 0.3 is 0 Å². The summed E-state index contributed by atoms with van der Waals surface area (Å²) >= 11 is 3.16. The van der Waals surface area contributed by atoms with Crippen LogP contribution in [0.3, 0.4) is 0 Å². The Kier molecular flexibility index (Phi) is 3.12. The number of halogens is 1. The molecule has 0 fully saturated rings. The van der Waals surface area contributed by atoms with E-state index in [9.17, 15) is 4.79 Å². The van der Waals surface area contributed by atoms with E-state index >= 15 is 0 Å². The summed E-state index contributed by atoms with van der Waals surface area (Å²) in [5, 5.41) is 0. The van der Waals surface area contributed by atoms with E-state index in [4.69, 9.17) is 0 Å². The molecule has 0 aliphatic rings. The molecule has 0 N–H and O–H groups in total. The average Bonchev–Trinajstić information content (AvgIpc) is 2.08. The first kappa shape index (κ1) is 9.08. The maximum Gasteiger partial charge on any atom is 0.265 e. The lowest BCUT2D eigenvalue weighted by Crippen LogP contribution is -2.18. The lowest BCUT2D eigenvalue weighted by atomic mass is 10.4. The van der Waals surface area contributed by atoms with Crippen molar-refractivity contribution in [2.24, 2.45) is 0 Å². The minimum atomic E-state index is -0.0414. The number of aromatic nitrogens is 1. The van der Waals surface area contributed by atoms with Crippen molar-refractivity contribution in [1.82, 2.24) is 4.57 Å². The molecule has 0 spiro atoms. The molecule has 0 atom stereocenters. The van der Waals surface area contributed by atoms with Crippen LogP contribution in [0.2, 0.25) is 0 Å². The van der Waals surface area contributed by atoms with Gasteiger partial charge in [0.2, 0.25) is 0 Å². The zero-order chi connectivity index (χ0) is 8.97. The first-order chi connectivity index (χ1) is 5.75. The number of hydrogen-bond acceptors (Lipinski definition) is 1. The smallest absolute Gasteiger partial charge is 0.265 e. The van der Waals surface area contributed by atoms with Crippen LogP contribution >= 0.6 is 15.9 Å². The Hall–Kier alpha value is -1.01. The number of nitrogens with zero attached hydrogens (tertiary/aromatic N) is 1. The van der Waals surface area contributed by atoms with Crippen LogP contribution in [0.25, 0.3) is 0 Å². The maximum atomic E-state index is 11.3. The fourth-order valence-corrected chi connectivity index (χ4v) is 1.18. The van der Waals surface area contributed by atoms with Crippen molar-refractivity contribution in [1.29, 1.82) is 0 Å².